The van der Waals surface area contributed by atoms with Crippen LogP contribution >= 0.6 is 0 Å². The third kappa shape index (κ3) is 5.83. The molecule has 0 aliphatic carbocycles. The topological polar surface area (TPSA) is 47.6 Å². The monoisotopic (exact) mass is 381 g/mol. The SMILES string of the molecule is COc1ccc(NC(=O)C[C@H](Cc2ccccc2)[C@H]2CCOC(C)(C)C2)cc1. The van der Waals surface area contributed by atoms with Crippen LogP contribution in [-0.2, 0) is 16.0 Å². The fourth-order valence-electron chi connectivity index (χ4n) is 4.13. The molecule has 1 aliphatic rings. The molecule has 28 heavy (non-hydrogen) atoms. The van der Waals surface area contributed by atoms with Crippen molar-refractivity contribution in [3.05, 3.63) is 60.2 Å². The highest BCUT2D eigenvalue weighted by molar-refractivity contribution is 5.90. The van der Waals surface area contributed by atoms with Crippen molar-refractivity contribution in [2.45, 2.75) is 45.1 Å². The van der Waals surface area contributed by atoms with E-state index in [0.717, 1.165) is 37.3 Å². The van der Waals surface area contributed by atoms with Gasteiger partial charge in [-0.2, -0.15) is 0 Å². The Morgan fingerprint density at radius 2 is 1.89 bits per heavy atom. The van der Waals surface area contributed by atoms with E-state index in [2.05, 4.69) is 43.4 Å². The minimum Gasteiger partial charge on any atom is -0.497 e. The Hall–Kier alpha value is -2.33. The molecule has 2 aromatic carbocycles. The number of amides is 1. The molecule has 2 aromatic rings. The van der Waals surface area contributed by atoms with Gasteiger partial charge in [-0.05, 0) is 74.8 Å². The first-order valence-electron chi connectivity index (χ1n) is 10.1. The molecule has 0 aromatic heterocycles. The molecule has 4 nitrogen and oxygen atoms in total. The molecule has 2 atom stereocenters. The lowest BCUT2D eigenvalue weighted by molar-refractivity contribution is -0.119. The van der Waals surface area contributed by atoms with Crippen LogP contribution in [0.1, 0.15) is 38.7 Å². The van der Waals surface area contributed by atoms with Crippen molar-refractivity contribution >= 4 is 11.6 Å². The Balaban J connectivity index is 1.69. The summed E-state index contributed by atoms with van der Waals surface area (Å²) in [5.41, 5.74) is 1.97. The Morgan fingerprint density at radius 1 is 1.18 bits per heavy atom. The van der Waals surface area contributed by atoms with Crippen molar-refractivity contribution in [2.24, 2.45) is 11.8 Å². The number of benzene rings is 2. The van der Waals surface area contributed by atoms with E-state index in [9.17, 15) is 4.79 Å². The van der Waals surface area contributed by atoms with Crippen LogP contribution in [0.4, 0.5) is 5.69 Å². The lowest BCUT2D eigenvalue weighted by atomic mass is 9.75. The maximum atomic E-state index is 12.8. The van der Waals surface area contributed by atoms with Gasteiger partial charge in [0.15, 0.2) is 0 Å². The van der Waals surface area contributed by atoms with Gasteiger partial charge in [-0.15, -0.1) is 0 Å². The summed E-state index contributed by atoms with van der Waals surface area (Å²) >= 11 is 0. The van der Waals surface area contributed by atoms with E-state index in [4.69, 9.17) is 9.47 Å². The van der Waals surface area contributed by atoms with E-state index < -0.39 is 0 Å². The molecule has 3 rings (SSSR count). The summed E-state index contributed by atoms with van der Waals surface area (Å²) in [5, 5.41) is 3.04. The highest BCUT2D eigenvalue weighted by Crippen LogP contribution is 2.36. The highest BCUT2D eigenvalue weighted by Gasteiger charge is 2.34. The van der Waals surface area contributed by atoms with Crippen molar-refractivity contribution in [3.63, 3.8) is 0 Å². The van der Waals surface area contributed by atoms with Crippen LogP contribution < -0.4 is 10.1 Å². The van der Waals surface area contributed by atoms with E-state index in [-0.39, 0.29) is 11.5 Å². The number of ether oxygens (including phenoxy) is 2. The zero-order valence-corrected chi connectivity index (χ0v) is 17.1. The van der Waals surface area contributed by atoms with E-state index in [0.29, 0.717) is 18.3 Å². The number of rotatable bonds is 7. The zero-order chi connectivity index (χ0) is 20.0. The minimum atomic E-state index is -0.121. The summed E-state index contributed by atoms with van der Waals surface area (Å²) in [6, 6.07) is 17.9. The molecule has 0 radical (unpaired) electrons. The van der Waals surface area contributed by atoms with Gasteiger partial charge in [-0.3, -0.25) is 4.79 Å². The molecular weight excluding hydrogens is 350 g/mol. The van der Waals surface area contributed by atoms with Crippen LogP contribution in [0.25, 0.3) is 0 Å². The number of anilines is 1. The number of hydrogen-bond donors (Lipinski definition) is 1. The lowest BCUT2D eigenvalue weighted by Crippen LogP contribution is -2.38. The number of nitrogens with one attached hydrogen (secondary N) is 1. The van der Waals surface area contributed by atoms with Gasteiger partial charge in [0, 0.05) is 18.7 Å². The molecule has 1 heterocycles. The normalized spacial score (nSPS) is 19.6. The van der Waals surface area contributed by atoms with E-state index in [1.165, 1.54) is 5.56 Å². The third-order valence-corrected chi connectivity index (χ3v) is 5.56. The van der Waals surface area contributed by atoms with Gasteiger partial charge in [0.1, 0.15) is 5.75 Å². The van der Waals surface area contributed by atoms with Gasteiger partial charge in [0.2, 0.25) is 5.91 Å². The summed E-state index contributed by atoms with van der Waals surface area (Å²) in [7, 11) is 1.64. The van der Waals surface area contributed by atoms with Gasteiger partial charge in [0.25, 0.3) is 0 Å². The molecule has 4 heteroatoms. The molecule has 1 amide bonds. The fourth-order valence-corrected chi connectivity index (χ4v) is 4.13. The molecule has 1 saturated heterocycles. The number of hydrogen-bond acceptors (Lipinski definition) is 3. The molecule has 0 bridgehead atoms. The number of carbonyl (C=O) groups is 1. The second kappa shape index (κ2) is 9.24. The Labute approximate surface area is 168 Å². The van der Waals surface area contributed by atoms with Gasteiger partial charge in [0.05, 0.1) is 12.7 Å². The molecular formula is C24H31NO3. The highest BCUT2D eigenvalue weighted by atomic mass is 16.5. The summed E-state index contributed by atoms with van der Waals surface area (Å²) in [4.78, 5) is 12.8. The fraction of sp³-hybridized carbons (Fsp3) is 0.458. The summed E-state index contributed by atoms with van der Waals surface area (Å²) in [6.07, 6.45) is 3.43. The van der Waals surface area contributed by atoms with Crippen LogP contribution in [-0.4, -0.2) is 25.2 Å². The molecule has 0 saturated carbocycles. The number of methoxy groups -OCH3 is 1. The maximum absolute atomic E-state index is 12.8. The molecule has 0 unspecified atom stereocenters. The Kier molecular flexibility index (Phi) is 6.74. The first-order chi connectivity index (χ1) is 13.4. The van der Waals surface area contributed by atoms with Crippen molar-refractivity contribution in [1.82, 2.24) is 0 Å². The predicted molar refractivity (Wildman–Crippen MR) is 113 cm³/mol. The average molecular weight is 382 g/mol. The lowest BCUT2D eigenvalue weighted by Gasteiger charge is -2.39. The van der Waals surface area contributed by atoms with Gasteiger partial charge >= 0.3 is 0 Å². The first-order valence-corrected chi connectivity index (χ1v) is 10.1. The predicted octanol–water partition coefficient (Wildman–Crippen LogP) is 5.09. The van der Waals surface area contributed by atoms with Crippen molar-refractivity contribution < 1.29 is 14.3 Å². The second-order valence-corrected chi connectivity index (χ2v) is 8.29. The Bertz CT molecular complexity index is 755. The second-order valence-electron chi connectivity index (χ2n) is 8.29. The van der Waals surface area contributed by atoms with Gasteiger partial charge < -0.3 is 14.8 Å². The molecule has 1 fully saturated rings. The van der Waals surface area contributed by atoms with E-state index in [1.54, 1.807) is 7.11 Å². The quantitative estimate of drug-likeness (QED) is 0.727. The van der Waals surface area contributed by atoms with E-state index >= 15 is 0 Å². The zero-order valence-electron chi connectivity index (χ0n) is 17.1. The van der Waals surface area contributed by atoms with Crippen LogP contribution in [0, 0.1) is 11.8 Å². The first kappa shape index (κ1) is 20.4. The average Bonchev–Trinajstić information content (AvgIpc) is 2.68. The van der Waals surface area contributed by atoms with Crippen LogP contribution in [0.2, 0.25) is 0 Å². The number of carbonyl (C=O) groups excluding carboxylic acids is 1. The van der Waals surface area contributed by atoms with Crippen LogP contribution in [0.3, 0.4) is 0 Å². The molecule has 150 valence electrons. The Morgan fingerprint density at radius 3 is 2.54 bits per heavy atom. The van der Waals surface area contributed by atoms with Crippen LogP contribution in [0.15, 0.2) is 54.6 Å². The largest absolute Gasteiger partial charge is 0.497 e. The smallest absolute Gasteiger partial charge is 0.224 e. The summed E-state index contributed by atoms with van der Waals surface area (Å²) < 4.78 is 11.1. The molecule has 1 aliphatic heterocycles. The van der Waals surface area contributed by atoms with E-state index in [1.807, 2.05) is 30.3 Å². The van der Waals surface area contributed by atoms with Crippen LogP contribution in [0.5, 0.6) is 5.75 Å². The standard InChI is InChI=1S/C24H31NO3/c1-24(2)17-19(13-14-28-24)20(15-18-7-5-4-6-8-18)16-23(26)25-21-9-11-22(27-3)12-10-21/h4-12,19-20H,13-17H2,1-3H3,(H,25,26)/t19-,20-/m0/s1. The summed E-state index contributed by atoms with van der Waals surface area (Å²) in [6.45, 7) is 5.06. The summed E-state index contributed by atoms with van der Waals surface area (Å²) in [5.74, 6) is 1.62. The van der Waals surface area contributed by atoms with Gasteiger partial charge in [-0.25, -0.2) is 0 Å². The van der Waals surface area contributed by atoms with Crippen molar-refractivity contribution in [1.29, 1.82) is 0 Å². The van der Waals surface area contributed by atoms with Gasteiger partial charge in [-0.1, -0.05) is 30.3 Å². The molecule has 0 spiro atoms. The molecule has 1 N–H and O–H groups in total. The third-order valence-electron chi connectivity index (χ3n) is 5.56. The van der Waals surface area contributed by atoms with Crippen molar-refractivity contribution in [2.75, 3.05) is 19.0 Å². The van der Waals surface area contributed by atoms with Crippen molar-refractivity contribution in [3.8, 4) is 5.75 Å². The maximum Gasteiger partial charge on any atom is 0.224 e. The minimum absolute atomic E-state index is 0.0652.